The van der Waals surface area contributed by atoms with Gasteiger partial charge in [-0.2, -0.15) is 11.8 Å². The molecule has 3 N–H and O–H groups in total. The minimum absolute atomic E-state index is 0.433. The summed E-state index contributed by atoms with van der Waals surface area (Å²) in [7, 11) is 0. The van der Waals surface area contributed by atoms with Gasteiger partial charge in [0.1, 0.15) is 6.04 Å². The number of halogens is 1. The Balaban J connectivity index is 3.21. The highest BCUT2D eigenvalue weighted by molar-refractivity contribution is 7.99. The van der Waals surface area contributed by atoms with Crippen LogP contribution in [0.5, 0.6) is 0 Å². The smallest absolute Gasteiger partial charge is 0.321 e. The molecule has 5 heteroatoms. The lowest BCUT2D eigenvalue weighted by atomic mass is 10.4. The maximum Gasteiger partial charge on any atom is 0.321 e. The molecule has 0 aromatic heterocycles. The van der Waals surface area contributed by atoms with Gasteiger partial charge in [0.2, 0.25) is 0 Å². The van der Waals surface area contributed by atoms with E-state index in [0.717, 1.165) is 5.75 Å². The Bertz CT molecular complexity index is 112. The number of rotatable bonds is 5. The topological polar surface area (TPSA) is 63.3 Å². The van der Waals surface area contributed by atoms with E-state index < -0.39 is 12.0 Å². The summed E-state index contributed by atoms with van der Waals surface area (Å²) < 4.78 is 0. The lowest BCUT2D eigenvalue weighted by Gasteiger charge is -2.03. The number of thioether (sulfide) groups is 1. The first-order valence-corrected chi connectivity index (χ1v) is 4.49. The number of hydrogen-bond acceptors (Lipinski definition) is 3. The van der Waals surface area contributed by atoms with Crippen molar-refractivity contribution in [3.8, 4) is 0 Å². The molecule has 0 rings (SSSR count). The number of carboxylic acids is 1. The molecule has 0 amide bonds. The second-order valence-electron chi connectivity index (χ2n) is 1.71. The lowest BCUT2D eigenvalue weighted by Crippen LogP contribution is -2.32. The van der Waals surface area contributed by atoms with Crippen molar-refractivity contribution in [3.05, 3.63) is 0 Å². The molecular weight excluding hydrogens is 174 g/mol. The van der Waals surface area contributed by atoms with E-state index in [1.165, 1.54) is 11.8 Å². The molecule has 0 saturated heterocycles. The van der Waals surface area contributed by atoms with Crippen LogP contribution in [0.3, 0.4) is 0 Å². The highest BCUT2D eigenvalue weighted by atomic mass is 35.5. The van der Waals surface area contributed by atoms with Gasteiger partial charge in [0.05, 0.1) is 0 Å². The van der Waals surface area contributed by atoms with Gasteiger partial charge in [-0.15, -0.1) is 11.6 Å². The van der Waals surface area contributed by atoms with Crippen molar-refractivity contribution in [2.75, 3.05) is 17.4 Å². The van der Waals surface area contributed by atoms with Crippen molar-refractivity contribution in [3.63, 3.8) is 0 Å². The highest BCUT2D eigenvalue weighted by Gasteiger charge is 2.09. The molecule has 1 atom stereocenters. The molecule has 0 saturated carbocycles. The van der Waals surface area contributed by atoms with Crippen LogP contribution in [0.15, 0.2) is 0 Å². The molecule has 0 aromatic rings. The zero-order valence-electron chi connectivity index (χ0n) is 5.42. The molecule has 0 aliphatic rings. The Kier molecular flexibility index (Phi) is 5.87. The van der Waals surface area contributed by atoms with Crippen molar-refractivity contribution in [1.29, 1.82) is 0 Å². The van der Waals surface area contributed by atoms with Gasteiger partial charge in [-0.1, -0.05) is 0 Å². The fourth-order valence-electron chi connectivity index (χ4n) is 0.336. The average molecular weight is 184 g/mol. The molecule has 0 aromatic carbocycles. The fourth-order valence-corrected chi connectivity index (χ4v) is 1.34. The molecule has 0 radical (unpaired) electrons. The van der Waals surface area contributed by atoms with Crippen LogP contribution in [0.4, 0.5) is 0 Å². The van der Waals surface area contributed by atoms with Crippen molar-refractivity contribution in [2.45, 2.75) is 6.04 Å². The molecule has 0 fully saturated rings. The molecule has 10 heavy (non-hydrogen) atoms. The lowest BCUT2D eigenvalue weighted by molar-refractivity contribution is -0.137. The summed E-state index contributed by atoms with van der Waals surface area (Å²) in [5.74, 6) is 0.767. The zero-order valence-corrected chi connectivity index (χ0v) is 6.99. The van der Waals surface area contributed by atoms with E-state index in [1.807, 2.05) is 0 Å². The van der Waals surface area contributed by atoms with Gasteiger partial charge in [0.15, 0.2) is 0 Å². The monoisotopic (exact) mass is 183 g/mol. The third-order valence-corrected chi connectivity index (χ3v) is 2.34. The molecule has 0 spiro atoms. The molecular formula is C5H10ClNO2S. The van der Waals surface area contributed by atoms with Gasteiger partial charge >= 0.3 is 5.97 Å². The summed E-state index contributed by atoms with van der Waals surface area (Å²) in [6, 6.07) is -0.756. The van der Waals surface area contributed by atoms with E-state index in [2.05, 4.69) is 0 Å². The van der Waals surface area contributed by atoms with Crippen molar-refractivity contribution in [2.24, 2.45) is 5.73 Å². The number of carbonyl (C=O) groups is 1. The number of alkyl halides is 1. The Morgan fingerprint density at radius 3 is 2.80 bits per heavy atom. The first-order valence-electron chi connectivity index (χ1n) is 2.80. The molecule has 0 heterocycles. The second-order valence-corrected chi connectivity index (χ2v) is 3.24. The summed E-state index contributed by atoms with van der Waals surface area (Å²) in [5.41, 5.74) is 5.19. The Labute approximate surface area is 68.9 Å². The van der Waals surface area contributed by atoms with E-state index in [-0.39, 0.29) is 0 Å². The standard InChI is InChI=1S/C5H10ClNO2S/c6-1-2-10-3-4(7)5(8)9/h4H,1-3,7H2,(H,8,9)/t4-/m1/s1. The molecule has 0 aliphatic carbocycles. The van der Waals surface area contributed by atoms with Crippen LogP contribution in [0.2, 0.25) is 0 Å². The predicted octanol–water partition coefficient (Wildman–Crippen LogP) is 0.370. The van der Waals surface area contributed by atoms with Crippen LogP contribution in [0.1, 0.15) is 0 Å². The summed E-state index contributed by atoms with van der Waals surface area (Å²) in [6.45, 7) is 0. The van der Waals surface area contributed by atoms with E-state index in [4.69, 9.17) is 22.4 Å². The second kappa shape index (κ2) is 5.82. The minimum atomic E-state index is -0.956. The van der Waals surface area contributed by atoms with Gasteiger partial charge in [0, 0.05) is 17.4 Å². The molecule has 3 nitrogen and oxygen atoms in total. The van der Waals surface area contributed by atoms with Gasteiger partial charge in [-0.25, -0.2) is 0 Å². The third-order valence-electron chi connectivity index (χ3n) is 0.836. The van der Waals surface area contributed by atoms with Crippen molar-refractivity contribution < 1.29 is 9.90 Å². The maximum atomic E-state index is 10.1. The quantitative estimate of drug-likeness (QED) is 0.478. The molecule has 0 unspecified atom stereocenters. The summed E-state index contributed by atoms with van der Waals surface area (Å²) in [5, 5.41) is 8.31. The maximum absolute atomic E-state index is 10.1. The number of hydrogen-bond donors (Lipinski definition) is 2. The van der Waals surface area contributed by atoms with E-state index in [1.54, 1.807) is 0 Å². The first kappa shape index (κ1) is 10.1. The van der Waals surface area contributed by atoms with Gasteiger partial charge in [-0.3, -0.25) is 4.79 Å². The molecule has 0 aliphatic heterocycles. The van der Waals surface area contributed by atoms with Crippen LogP contribution in [-0.4, -0.2) is 34.5 Å². The number of carboxylic acid groups (broad SMARTS) is 1. The van der Waals surface area contributed by atoms with E-state index >= 15 is 0 Å². The van der Waals surface area contributed by atoms with Crippen LogP contribution in [0, 0.1) is 0 Å². The molecule has 60 valence electrons. The van der Waals surface area contributed by atoms with Crippen molar-refractivity contribution >= 4 is 29.3 Å². The Hall–Kier alpha value is 0.0700. The van der Waals surface area contributed by atoms with Gasteiger partial charge < -0.3 is 10.8 Å². The Morgan fingerprint density at radius 1 is 1.80 bits per heavy atom. The third kappa shape index (κ3) is 4.90. The van der Waals surface area contributed by atoms with Crippen molar-refractivity contribution in [1.82, 2.24) is 0 Å². The number of aliphatic carboxylic acids is 1. The predicted molar refractivity (Wildman–Crippen MR) is 43.7 cm³/mol. The molecule has 0 bridgehead atoms. The van der Waals surface area contributed by atoms with Gasteiger partial charge in [-0.05, 0) is 0 Å². The fraction of sp³-hybridized carbons (Fsp3) is 0.800. The van der Waals surface area contributed by atoms with Gasteiger partial charge in [0.25, 0.3) is 0 Å². The summed E-state index contributed by atoms with van der Waals surface area (Å²) in [4.78, 5) is 10.1. The summed E-state index contributed by atoms with van der Waals surface area (Å²) in [6.07, 6.45) is 0. The van der Waals surface area contributed by atoms with Crippen LogP contribution >= 0.6 is 23.4 Å². The SMILES string of the molecule is N[C@H](CSCCCl)C(=O)O. The largest absolute Gasteiger partial charge is 0.480 e. The zero-order chi connectivity index (χ0) is 7.98. The average Bonchev–Trinajstić information content (AvgIpc) is 1.88. The van der Waals surface area contributed by atoms with Crippen LogP contribution < -0.4 is 5.73 Å². The Morgan fingerprint density at radius 2 is 2.40 bits per heavy atom. The van der Waals surface area contributed by atoms with Crippen LogP contribution in [0.25, 0.3) is 0 Å². The minimum Gasteiger partial charge on any atom is -0.480 e. The van der Waals surface area contributed by atoms with E-state index in [9.17, 15) is 4.79 Å². The normalized spacial score (nSPS) is 13.0. The summed E-state index contributed by atoms with van der Waals surface area (Å²) >= 11 is 6.81. The highest BCUT2D eigenvalue weighted by Crippen LogP contribution is 2.01. The number of nitrogens with two attached hydrogens (primary N) is 1. The van der Waals surface area contributed by atoms with Crippen LogP contribution in [-0.2, 0) is 4.79 Å². The first-order chi connectivity index (χ1) is 4.68. The van der Waals surface area contributed by atoms with E-state index in [0.29, 0.717) is 11.6 Å².